The lowest BCUT2D eigenvalue weighted by molar-refractivity contribution is 1.15. The van der Waals surface area contributed by atoms with Crippen molar-refractivity contribution in [3.8, 4) is 39.3 Å². The number of nitrogens with zero attached hydrogens (tertiary/aromatic N) is 3. The van der Waals surface area contributed by atoms with Gasteiger partial charge in [-0.1, -0.05) is 146 Å². The summed E-state index contributed by atoms with van der Waals surface area (Å²) in [6.07, 6.45) is 0. The zero-order valence-corrected chi connectivity index (χ0v) is 31.0. The molecule has 12 aromatic rings. The van der Waals surface area contributed by atoms with E-state index >= 15 is 0 Å². The van der Waals surface area contributed by atoms with Gasteiger partial charge in [0.05, 0.1) is 33.1 Å². The van der Waals surface area contributed by atoms with Crippen molar-refractivity contribution in [1.29, 1.82) is 0 Å². The lowest BCUT2D eigenvalue weighted by atomic mass is 10.1. The van der Waals surface area contributed by atoms with Crippen LogP contribution in [0.25, 0.3) is 105 Å². The molecule has 0 spiro atoms. The summed E-state index contributed by atoms with van der Waals surface area (Å²) in [5.41, 5.74) is 15.4. The Morgan fingerprint density at radius 2 is 0.596 bits per heavy atom. The quantitative estimate of drug-likeness (QED) is 0.168. The van der Waals surface area contributed by atoms with Crippen molar-refractivity contribution in [3.05, 3.63) is 212 Å². The Morgan fingerprint density at radius 3 is 1.19 bits per heavy atom. The maximum absolute atomic E-state index is 2.46. The van der Waals surface area contributed by atoms with E-state index < -0.39 is 0 Å². The van der Waals surface area contributed by atoms with Gasteiger partial charge in [-0.25, -0.2) is 0 Å². The summed E-state index contributed by atoms with van der Waals surface area (Å²) in [6.45, 7) is 0. The highest BCUT2D eigenvalue weighted by Crippen LogP contribution is 2.41. The van der Waals surface area contributed by atoms with E-state index in [9.17, 15) is 0 Å². The first kappa shape index (κ1) is 31.7. The average Bonchev–Trinajstić information content (AvgIpc) is 3.91. The summed E-state index contributed by atoms with van der Waals surface area (Å²) < 4.78 is 7.33. The second-order valence-corrected chi connectivity index (χ2v) is 15.0. The Balaban J connectivity index is 1.11. The maximum Gasteiger partial charge on any atom is 0.0562 e. The number of hydrogen-bond donors (Lipinski definition) is 0. The maximum atomic E-state index is 2.46. The van der Waals surface area contributed by atoms with Gasteiger partial charge in [0.15, 0.2) is 0 Å². The van der Waals surface area contributed by atoms with Gasteiger partial charge >= 0.3 is 0 Å². The normalized spacial score (nSPS) is 11.9. The van der Waals surface area contributed by atoms with E-state index in [4.69, 9.17) is 0 Å². The zero-order chi connectivity index (χ0) is 37.5. The molecular weight excluding hydrogens is 691 g/mol. The van der Waals surface area contributed by atoms with Crippen LogP contribution in [-0.2, 0) is 0 Å². The lowest BCUT2D eigenvalue weighted by Gasteiger charge is -2.13. The standard InChI is InChI=1S/C54H35N3/c1-3-14-36(15-4-1)38-26-28-40(29-27-38)55-49-23-10-7-20-43(49)46-31-30-42(33-52(46)55)57-51-25-12-9-22-45(51)48-34-47-44-21-8-11-24-50(44)56(53(47)35-54(48)57)41-19-13-18-39(32-41)37-16-5-2-6-17-37/h1-35H. The molecule has 0 amide bonds. The fourth-order valence-electron chi connectivity index (χ4n) is 9.25. The summed E-state index contributed by atoms with van der Waals surface area (Å²) in [6, 6.07) is 77.5. The van der Waals surface area contributed by atoms with Crippen LogP contribution in [0.5, 0.6) is 0 Å². The first-order valence-corrected chi connectivity index (χ1v) is 19.6. The minimum Gasteiger partial charge on any atom is -0.309 e. The van der Waals surface area contributed by atoms with Crippen LogP contribution in [0, 0.1) is 0 Å². The zero-order valence-electron chi connectivity index (χ0n) is 31.0. The molecule has 0 N–H and O–H groups in total. The SMILES string of the molecule is c1ccc(-c2ccc(-n3c4ccccc4c4ccc(-n5c6ccccc6c6cc7c8ccccc8n(-c8cccc(-c9ccccc9)c8)c7cc65)cc43)cc2)cc1. The minimum absolute atomic E-state index is 1.13. The van der Waals surface area contributed by atoms with Crippen molar-refractivity contribution in [1.82, 2.24) is 13.7 Å². The first-order valence-electron chi connectivity index (χ1n) is 19.6. The van der Waals surface area contributed by atoms with Crippen molar-refractivity contribution < 1.29 is 0 Å². The Morgan fingerprint density at radius 1 is 0.193 bits per heavy atom. The molecule has 0 aliphatic carbocycles. The molecule has 0 bridgehead atoms. The number of benzene rings is 9. The molecule has 266 valence electrons. The number of aromatic nitrogens is 3. The van der Waals surface area contributed by atoms with Gasteiger partial charge in [-0.3, -0.25) is 0 Å². The molecule has 0 unspecified atom stereocenters. The molecule has 3 aromatic heterocycles. The van der Waals surface area contributed by atoms with E-state index in [1.807, 2.05) is 0 Å². The Kier molecular flexibility index (Phi) is 6.93. The van der Waals surface area contributed by atoms with Gasteiger partial charge in [0.25, 0.3) is 0 Å². The molecule has 57 heavy (non-hydrogen) atoms. The predicted octanol–water partition coefficient (Wildman–Crippen LogP) is 14.3. The fourth-order valence-corrected chi connectivity index (χ4v) is 9.25. The topological polar surface area (TPSA) is 14.8 Å². The van der Waals surface area contributed by atoms with Gasteiger partial charge in [-0.05, 0) is 89.0 Å². The highest BCUT2D eigenvalue weighted by atomic mass is 15.0. The van der Waals surface area contributed by atoms with Crippen LogP contribution in [0.4, 0.5) is 0 Å². The molecule has 0 atom stereocenters. The van der Waals surface area contributed by atoms with E-state index in [0.717, 1.165) is 17.1 Å². The smallest absolute Gasteiger partial charge is 0.0562 e. The van der Waals surface area contributed by atoms with Crippen LogP contribution < -0.4 is 0 Å². The van der Waals surface area contributed by atoms with Gasteiger partial charge in [-0.15, -0.1) is 0 Å². The molecule has 3 heteroatoms. The van der Waals surface area contributed by atoms with E-state index in [-0.39, 0.29) is 0 Å². The van der Waals surface area contributed by atoms with Gasteiger partial charge in [0.2, 0.25) is 0 Å². The molecule has 0 saturated carbocycles. The largest absolute Gasteiger partial charge is 0.309 e. The van der Waals surface area contributed by atoms with Crippen LogP contribution >= 0.6 is 0 Å². The Bertz CT molecular complexity index is 3490. The number of para-hydroxylation sites is 3. The molecule has 0 fully saturated rings. The van der Waals surface area contributed by atoms with Crippen molar-refractivity contribution in [2.24, 2.45) is 0 Å². The second kappa shape index (κ2) is 12.5. The molecule has 3 nitrogen and oxygen atoms in total. The Hall–Kier alpha value is -7.62. The monoisotopic (exact) mass is 725 g/mol. The molecule has 0 aliphatic rings. The highest BCUT2D eigenvalue weighted by molar-refractivity contribution is 6.19. The molecule has 12 rings (SSSR count). The lowest BCUT2D eigenvalue weighted by Crippen LogP contribution is -1.98. The van der Waals surface area contributed by atoms with Crippen LogP contribution in [0.1, 0.15) is 0 Å². The van der Waals surface area contributed by atoms with Crippen LogP contribution in [-0.4, -0.2) is 13.7 Å². The van der Waals surface area contributed by atoms with Crippen LogP contribution in [0.3, 0.4) is 0 Å². The summed E-state index contributed by atoms with van der Waals surface area (Å²) in [5.74, 6) is 0. The number of fused-ring (bicyclic) bond motifs is 9. The summed E-state index contributed by atoms with van der Waals surface area (Å²) >= 11 is 0. The van der Waals surface area contributed by atoms with Crippen molar-refractivity contribution >= 4 is 65.4 Å². The third-order valence-electron chi connectivity index (χ3n) is 11.8. The first-order chi connectivity index (χ1) is 28.3. The third kappa shape index (κ3) is 4.86. The molecule has 3 heterocycles. The molecular formula is C54H35N3. The van der Waals surface area contributed by atoms with Gasteiger partial charge in [0.1, 0.15) is 0 Å². The minimum atomic E-state index is 1.13. The van der Waals surface area contributed by atoms with E-state index in [1.165, 1.54) is 87.7 Å². The van der Waals surface area contributed by atoms with E-state index in [1.54, 1.807) is 0 Å². The number of rotatable bonds is 5. The highest BCUT2D eigenvalue weighted by Gasteiger charge is 2.20. The van der Waals surface area contributed by atoms with E-state index in [0.29, 0.717) is 0 Å². The van der Waals surface area contributed by atoms with Crippen LogP contribution in [0.15, 0.2) is 212 Å². The van der Waals surface area contributed by atoms with Gasteiger partial charge in [0, 0.05) is 49.4 Å². The predicted molar refractivity (Wildman–Crippen MR) is 240 cm³/mol. The van der Waals surface area contributed by atoms with Crippen molar-refractivity contribution in [2.45, 2.75) is 0 Å². The van der Waals surface area contributed by atoms with Gasteiger partial charge < -0.3 is 13.7 Å². The Labute approximate surface area is 329 Å². The van der Waals surface area contributed by atoms with Gasteiger partial charge in [-0.2, -0.15) is 0 Å². The van der Waals surface area contributed by atoms with Crippen molar-refractivity contribution in [3.63, 3.8) is 0 Å². The third-order valence-corrected chi connectivity index (χ3v) is 11.8. The molecule has 9 aromatic carbocycles. The number of hydrogen-bond acceptors (Lipinski definition) is 0. The van der Waals surface area contributed by atoms with Crippen molar-refractivity contribution in [2.75, 3.05) is 0 Å². The summed E-state index contributed by atoms with van der Waals surface area (Å²) in [4.78, 5) is 0. The van der Waals surface area contributed by atoms with E-state index in [2.05, 4.69) is 226 Å². The summed E-state index contributed by atoms with van der Waals surface area (Å²) in [5, 5.41) is 7.48. The fraction of sp³-hybridized carbons (Fsp3) is 0. The second-order valence-electron chi connectivity index (χ2n) is 15.0. The van der Waals surface area contributed by atoms with Crippen LogP contribution in [0.2, 0.25) is 0 Å². The molecule has 0 aliphatic heterocycles. The molecule has 0 radical (unpaired) electrons. The molecule has 0 saturated heterocycles. The average molecular weight is 726 g/mol. The summed E-state index contributed by atoms with van der Waals surface area (Å²) in [7, 11) is 0.